The molecule has 5 nitrogen and oxygen atoms in total. The van der Waals surface area contributed by atoms with Gasteiger partial charge in [-0.1, -0.05) is 0 Å². The van der Waals surface area contributed by atoms with Crippen molar-refractivity contribution in [1.29, 1.82) is 0 Å². The topological polar surface area (TPSA) is 61.8 Å². The van der Waals surface area contributed by atoms with Crippen LogP contribution in [0.3, 0.4) is 0 Å². The van der Waals surface area contributed by atoms with E-state index in [0.29, 0.717) is 25.7 Å². The van der Waals surface area contributed by atoms with Crippen molar-refractivity contribution in [3.63, 3.8) is 0 Å². The Hall–Kier alpha value is -0.650. The van der Waals surface area contributed by atoms with Crippen LogP contribution in [0.15, 0.2) is 0 Å². The summed E-state index contributed by atoms with van der Waals surface area (Å²) in [6, 6.07) is 0. The van der Waals surface area contributed by atoms with E-state index in [4.69, 9.17) is 4.74 Å². The Kier molecular flexibility index (Phi) is 5.60. The van der Waals surface area contributed by atoms with Crippen LogP contribution in [-0.2, 0) is 9.53 Å². The smallest absolute Gasteiger partial charge is 0.224 e. The zero-order valence-corrected chi connectivity index (χ0v) is 11.8. The summed E-state index contributed by atoms with van der Waals surface area (Å²) in [5.74, 6) is 0.409. The van der Waals surface area contributed by atoms with Gasteiger partial charge in [-0.05, 0) is 39.3 Å². The quantitative estimate of drug-likeness (QED) is 0.758. The van der Waals surface area contributed by atoms with Gasteiger partial charge in [0.2, 0.25) is 5.91 Å². The second-order valence-electron chi connectivity index (χ2n) is 5.70. The third-order valence-corrected chi connectivity index (χ3v) is 4.22. The SMILES string of the molecule is CC(O)C1CCN(C(=O)CCOC2CCNCC2)C1. The normalized spacial score (nSPS) is 26.6. The number of likely N-dealkylation sites (tertiary alicyclic amines) is 1. The highest BCUT2D eigenvalue weighted by Crippen LogP contribution is 2.20. The Morgan fingerprint density at radius 1 is 1.42 bits per heavy atom. The van der Waals surface area contributed by atoms with E-state index in [0.717, 1.165) is 38.9 Å². The number of hydrogen-bond acceptors (Lipinski definition) is 4. The standard InChI is InChI=1S/C14H26N2O3/c1-11(17)12-4-8-16(10-12)14(18)5-9-19-13-2-6-15-7-3-13/h11-13,15,17H,2-10H2,1H3. The molecule has 0 aromatic rings. The number of carbonyl (C=O) groups excluding carboxylic acids is 1. The van der Waals surface area contributed by atoms with Crippen LogP contribution in [-0.4, -0.2) is 60.9 Å². The molecule has 0 spiro atoms. The van der Waals surface area contributed by atoms with E-state index in [1.165, 1.54) is 0 Å². The molecule has 5 heteroatoms. The number of nitrogens with zero attached hydrogens (tertiary/aromatic N) is 1. The Balaban J connectivity index is 1.62. The minimum Gasteiger partial charge on any atom is -0.393 e. The lowest BCUT2D eigenvalue weighted by molar-refractivity contribution is -0.132. The second kappa shape index (κ2) is 7.22. The van der Waals surface area contributed by atoms with Crippen molar-refractivity contribution in [2.24, 2.45) is 5.92 Å². The molecule has 0 saturated carbocycles. The third kappa shape index (κ3) is 4.44. The number of aliphatic hydroxyl groups is 1. The summed E-state index contributed by atoms with van der Waals surface area (Å²) in [5, 5.41) is 12.8. The lowest BCUT2D eigenvalue weighted by Gasteiger charge is -2.23. The minimum absolute atomic E-state index is 0.164. The van der Waals surface area contributed by atoms with Gasteiger partial charge in [-0.3, -0.25) is 4.79 Å². The van der Waals surface area contributed by atoms with Crippen LogP contribution >= 0.6 is 0 Å². The lowest BCUT2D eigenvalue weighted by Crippen LogP contribution is -2.34. The van der Waals surface area contributed by atoms with Gasteiger partial charge in [0.25, 0.3) is 0 Å². The van der Waals surface area contributed by atoms with Crippen LogP contribution in [0.2, 0.25) is 0 Å². The van der Waals surface area contributed by atoms with Gasteiger partial charge in [-0.2, -0.15) is 0 Å². The molecule has 0 aromatic heterocycles. The molecule has 2 heterocycles. The van der Waals surface area contributed by atoms with Crippen molar-refractivity contribution in [2.45, 2.75) is 44.8 Å². The number of carbonyl (C=O) groups is 1. The van der Waals surface area contributed by atoms with E-state index >= 15 is 0 Å². The van der Waals surface area contributed by atoms with Gasteiger partial charge in [0.15, 0.2) is 0 Å². The maximum atomic E-state index is 12.0. The molecule has 2 aliphatic rings. The molecule has 2 unspecified atom stereocenters. The number of rotatable bonds is 5. The Morgan fingerprint density at radius 2 is 2.16 bits per heavy atom. The lowest BCUT2D eigenvalue weighted by atomic mass is 10.0. The van der Waals surface area contributed by atoms with Crippen molar-refractivity contribution < 1.29 is 14.6 Å². The fourth-order valence-electron chi connectivity index (χ4n) is 2.84. The van der Waals surface area contributed by atoms with Gasteiger partial charge in [0.05, 0.1) is 25.2 Å². The van der Waals surface area contributed by atoms with Crippen LogP contribution in [0.25, 0.3) is 0 Å². The first-order valence-electron chi connectivity index (χ1n) is 7.45. The zero-order chi connectivity index (χ0) is 13.7. The monoisotopic (exact) mass is 270 g/mol. The summed E-state index contributed by atoms with van der Waals surface area (Å²) in [5.41, 5.74) is 0. The predicted octanol–water partition coefficient (Wildman–Crippen LogP) is 0.374. The van der Waals surface area contributed by atoms with Crippen molar-refractivity contribution in [3.05, 3.63) is 0 Å². The van der Waals surface area contributed by atoms with E-state index in [9.17, 15) is 9.90 Å². The predicted molar refractivity (Wildman–Crippen MR) is 72.8 cm³/mol. The van der Waals surface area contributed by atoms with Crippen LogP contribution in [0.5, 0.6) is 0 Å². The molecule has 19 heavy (non-hydrogen) atoms. The first-order chi connectivity index (χ1) is 9.16. The van der Waals surface area contributed by atoms with Crippen molar-refractivity contribution in [1.82, 2.24) is 10.2 Å². The molecule has 0 radical (unpaired) electrons. The summed E-state index contributed by atoms with van der Waals surface area (Å²) >= 11 is 0. The highest BCUT2D eigenvalue weighted by atomic mass is 16.5. The Labute approximate surface area is 115 Å². The largest absolute Gasteiger partial charge is 0.393 e. The summed E-state index contributed by atoms with van der Waals surface area (Å²) < 4.78 is 5.75. The maximum absolute atomic E-state index is 12.0. The van der Waals surface area contributed by atoms with E-state index in [1.807, 2.05) is 4.90 Å². The van der Waals surface area contributed by atoms with E-state index in [1.54, 1.807) is 6.92 Å². The average Bonchev–Trinajstić information content (AvgIpc) is 2.89. The minimum atomic E-state index is -0.316. The van der Waals surface area contributed by atoms with Crippen LogP contribution < -0.4 is 5.32 Å². The second-order valence-corrected chi connectivity index (χ2v) is 5.70. The number of amides is 1. The van der Waals surface area contributed by atoms with Gasteiger partial charge in [0.1, 0.15) is 0 Å². The first-order valence-corrected chi connectivity index (χ1v) is 7.45. The maximum Gasteiger partial charge on any atom is 0.224 e. The van der Waals surface area contributed by atoms with E-state index < -0.39 is 0 Å². The molecular weight excluding hydrogens is 244 g/mol. The molecule has 1 amide bonds. The highest BCUT2D eigenvalue weighted by molar-refractivity contribution is 5.76. The molecule has 2 atom stereocenters. The molecule has 2 N–H and O–H groups in total. The molecule has 2 rings (SSSR count). The van der Waals surface area contributed by atoms with Crippen molar-refractivity contribution in [3.8, 4) is 0 Å². The van der Waals surface area contributed by atoms with Crippen LogP contribution in [0, 0.1) is 5.92 Å². The summed E-state index contributed by atoms with van der Waals surface area (Å²) in [6.07, 6.45) is 3.47. The van der Waals surface area contributed by atoms with Gasteiger partial charge in [-0.15, -0.1) is 0 Å². The summed E-state index contributed by atoms with van der Waals surface area (Å²) in [7, 11) is 0. The van der Waals surface area contributed by atoms with E-state index in [-0.39, 0.29) is 17.9 Å². The fourth-order valence-corrected chi connectivity index (χ4v) is 2.84. The zero-order valence-electron chi connectivity index (χ0n) is 11.8. The Bertz CT molecular complexity index is 290. The third-order valence-electron chi connectivity index (χ3n) is 4.22. The molecule has 2 fully saturated rings. The van der Waals surface area contributed by atoms with Gasteiger partial charge < -0.3 is 20.1 Å². The van der Waals surface area contributed by atoms with Crippen molar-refractivity contribution in [2.75, 3.05) is 32.8 Å². The Morgan fingerprint density at radius 3 is 2.79 bits per heavy atom. The van der Waals surface area contributed by atoms with Gasteiger partial charge in [0, 0.05) is 19.0 Å². The summed E-state index contributed by atoms with van der Waals surface area (Å²) in [4.78, 5) is 13.9. The van der Waals surface area contributed by atoms with Crippen LogP contribution in [0.4, 0.5) is 0 Å². The molecular formula is C14H26N2O3. The van der Waals surface area contributed by atoms with E-state index in [2.05, 4.69) is 5.32 Å². The molecule has 2 aliphatic heterocycles. The molecule has 0 bridgehead atoms. The fraction of sp³-hybridized carbons (Fsp3) is 0.929. The first kappa shape index (κ1) is 14.8. The molecule has 0 aliphatic carbocycles. The number of aliphatic hydroxyl groups excluding tert-OH is 1. The van der Waals surface area contributed by atoms with Gasteiger partial charge in [-0.25, -0.2) is 0 Å². The molecule has 2 saturated heterocycles. The van der Waals surface area contributed by atoms with Crippen LogP contribution in [0.1, 0.15) is 32.6 Å². The molecule has 0 aromatic carbocycles. The summed E-state index contributed by atoms with van der Waals surface area (Å²) in [6.45, 7) is 5.84. The number of nitrogens with one attached hydrogen (secondary N) is 1. The average molecular weight is 270 g/mol. The number of piperidine rings is 1. The number of hydrogen-bond donors (Lipinski definition) is 2. The van der Waals surface area contributed by atoms with Crippen molar-refractivity contribution >= 4 is 5.91 Å². The van der Waals surface area contributed by atoms with Gasteiger partial charge >= 0.3 is 0 Å². The number of ether oxygens (including phenoxy) is 1. The highest BCUT2D eigenvalue weighted by Gasteiger charge is 2.28. The molecule has 110 valence electrons.